The lowest BCUT2D eigenvalue weighted by molar-refractivity contribution is -0.151. The number of nitrogens with zero attached hydrogens (tertiary/aromatic N) is 2. The van der Waals surface area contributed by atoms with E-state index in [0.717, 1.165) is 21.2 Å². The maximum atomic E-state index is 12.3. The van der Waals surface area contributed by atoms with Crippen molar-refractivity contribution in [1.82, 2.24) is 4.90 Å². The molecule has 30 heavy (non-hydrogen) atoms. The van der Waals surface area contributed by atoms with Gasteiger partial charge in [-0.3, -0.25) is 9.59 Å². The molecule has 0 bridgehead atoms. The SMILES string of the molecule is CN(Cc1ccco1)C(=O)COC(=O)CCN1c2ccccc2Sc2ccccc21. The van der Waals surface area contributed by atoms with Gasteiger partial charge in [0.05, 0.1) is 30.6 Å². The van der Waals surface area contributed by atoms with Gasteiger partial charge < -0.3 is 19.0 Å². The number of amides is 1. The van der Waals surface area contributed by atoms with Crippen LogP contribution >= 0.6 is 11.8 Å². The molecule has 2 heterocycles. The number of rotatable bonds is 7. The van der Waals surface area contributed by atoms with Gasteiger partial charge in [0.2, 0.25) is 0 Å². The molecule has 0 atom stereocenters. The largest absolute Gasteiger partial charge is 0.467 e. The van der Waals surface area contributed by atoms with Crippen LogP contribution in [0.4, 0.5) is 11.4 Å². The number of hydrogen-bond donors (Lipinski definition) is 0. The number of carbonyl (C=O) groups excluding carboxylic acids is 2. The molecule has 7 heteroatoms. The van der Waals surface area contributed by atoms with E-state index in [9.17, 15) is 9.59 Å². The Morgan fingerprint density at radius 2 is 1.67 bits per heavy atom. The van der Waals surface area contributed by atoms with E-state index in [4.69, 9.17) is 9.15 Å². The van der Waals surface area contributed by atoms with E-state index in [0.29, 0.717) is 18.8 Å². The molecule has 0 radical (unpaired) electrons. The third kappa shape index (κ3) is 4.52. The van der Waals surface area contributed by atoms with Crippen LogP contribution in [0.2, 0.25) is 0 Å². The van der Waals surface area contributed by atoms with Gasteiger partial charge in [-0.15, -0.1) is 0 Å². The van der Waals surface area contributed by atoms with Gasteiger partial charge in [0.25, 0.3) is 5.91 Å². The molecule has 1 amide bonds. The summed E-state index contributed by atoms with van der Waals surface area (Å²) >= 11 is 1.72. The maximum Gasteiger partial charge on any atom is 0.308 e. The number of hydrogen-bond acceptors (Lipinski definition) is 6. The first-order valence-electron chi connectivity index (χ1n) is 9.67. The Morgan fingerprint density at radius 3 is 2.30 bits per heavy atom. The molecule has 0 aliphatic carbocycles. The fourth-order valence-corrected chi connectivity index (χ4v) is 4.37. The second-order valence-corrected chi connectivity index (χ2v) is 8.01. The number of fused-ring (bicyclic) bond motifs is 2. The Hall–Kier alpha value is -3.19. The van der Waals surface area contributed by atoms with E-state index in [-0.39, 0.29) is 18.9 Å². The number of furan rings is 1. The van der Waals surface area contributed by atoms with Crippen LogP contribution in [0.25, 0.3) is 0 Å². The summed E-state index contributed by atoms with van der Waals surface area (Å²) < 4.78 is 10.5. The van der Waals surface area contributed by atoms with Crippen LogP contribution in [0.1, 0.15) is 12.2 Å². The van der Waals surface area contributed by atoms with E-state index < -0.39 is 5.97 Å². The molecule has 0 spiro atoms. The van der Waals surface area contributed by atoms with Crippen molar-refractivity contribution >= 4 is 35.0 Å². The molecule has 2 aromatic carbocycles. The van der Waals surface area contributed by atoms with Gasteiger partial charge in [-0.2, -0.15) is 0 Å². The summed E-state index contributed by atoms with van der Waals surface area (Å²) in [6, 6.07) is 19.8. The highest BCUT2D eigenvalue weighted by atomic mass is 32.2. The number of ether oxygens (including phenoxy) is 1. The van der Waals surface area contributed by atoms with Crippen molar-refractivity contribution in [2.45, 2.75) is 22.8 Å². The van der Waals surface area contributed by atoms with E-state index in [2.05, 4.69) is 29.2 Å². The molecular formula is C23H22N2O4S. The number of esters is 1. The first kappa shape index (κ1) is 20.1. The Kier molecular flexibility index (Phi) is 6.09. The first-order valence-corrected chi connectivity index (χ1v) is 10.5. The predicted octanol–water partition coefficient (Wildman–Crippen LogP) is 4.47. The number of anilines is 2. The molecule has 0 unspecified atom stereocenters. The van der Waals surface area contributed by atoms with Gasteiger partial charge in [0.1, 0.15) is 5.76 Å². The predicted molar refractivity (Wildman–Crippen MR) is 115 cm³/mol. The number of benzene rings is 2. The molecule has 0 N–H and O–H groups in total. The van der Waals surface area contributed by atoms with Crippen molar-refractivity contribution in [1.29, 1.82) is 0 Å². The molecule has 154 valence electrons. The maximum absolute atomic E-state index is 12.3. The fourth-order valence-electron chi connectivity index (χ4n) is 3.27. The molecule has 4 rings (SSSR count). The molecule has 1 aliphatic rings. The average molecular weight is 423 g/mol. The lowest BCUT2D eigenvalue weighted by Gasteiger charge is -2.32. The molecule has 1 aliphatic heterocycles. The van der Waals surface area contributed by atoms with Crippen molar-refractivity contribution in [3.05, 3.63) is 72.7 Å². The summed E-state index contributed by atoms with van der Waals surface area (Å²) in [6.45, 7) is 0.533. The third-order valence-corrected chi connectivity index (χ3v) is 5.96. The zero-order valence-corrected chi connectivity index (χ0v) is 17.4. The summed E-state index contributed by atoms with van der Waals surface area (Å²) in [7, 11) is 1.65. The first-order chi connectivity index (χ1) is 14.6. The fraction of sp³-hybridized carbons (Fsp3) is 0.217. The Morgan fingerprint density at radius 1 is 1.00 bits per heavy atom. The molecule has 3 aromatic rings. The smallest absolute Gasteiger partial charge is 0.308 e. The standard InChI is InChI=1S/C23H22N2O4S/c1-24(15-17-7-6-14-28-17)22(26)16-29-23(27)12-13-25-18-8-2-4-10-20(18)30-21-11-5-3-9-19(21)25/h2-11,14H,12-13,15-16H2,1H3. The number of likely N-dealkylation sites (N-methyl/N-ethyl adjacent to an activating group) is 1. The summed E-state index contributed by atoms with van der Waals surface area (Å²) in [5.41, 5.74) is 2.14. The molecular weight excluding hydrogens is 400 g/mol. The zero-order valence-electron chi connectivity index (χ0n) is 16.6. The quantitative estimate of drug-likeness (QED) is 0.524. The highest BCUT2D eigenvalue weighted by Gasteiger charge is 2.23. The molecule has 0 fully saturated rings. The van der Waals surface area contributed by atoms with Gasteiger partial charge in [0, 0.05) is 23.4 Å². The van der Waals surface area contributed by atoms with Crippen LogP contribution in [0, 0.1) is 0 Å². The molecule has 1 aromatic heterocycles. The molecule has 0 saturated heterocycles. The van der Waals surface area contributed by atoms with E-state index in [1.54, 1.807) is 37.2 Å². The van der Waals surface area contributed by atoms with E-state index >= 15 is 0 Å². The Bertz CT molecular complexity index is 990. The van der Waals surface area contributed by atoms with Crippen molar-refractivity contribution < 1.29 is 18.7 Å². The van der Waals surface area contributed by atoms with Crippen LogP contribution < -0.4 is 4.90 Å². The Balaban J connectivity index is 1.33. The van der Waals surface area contributed by atoms with Crippen molar-refractivity contribution in [3.63, 3.8) is 0 Å². The summed E-state index contributed by atoms with van der Waals surface area (Å²) in [4.78, 5) is 30.4. The Labute approximate surface area is 179 Å². The van der Waals surface area contributed by atoms with Gasteiger partial charge in [0.15, 0.2) is 6.61 Å². The van der Waals surface area contributed by atoms with Crippen molar-refractivity contribution in [2.75, 3.05) is 25.1 Å². The summed E-state index contributed by atoms with van der Waals surface area (Å²) in [5, 5.41) is 0. The van der Waals surface area contributed by atoms with Crippen LogP contribution in [-0.2, 0) is 20.9 Å². The third-order valence-electron chi connectivity index (χ3n) is 4.83. The molecule has 6 nitrogen and oxygen atoms in total. The lowest BCUT2D eigenvalue weighted by Crippen LogP contribution is -2.31. The van der Waals surface area contributed by atoms with Gasteiger partial charge >= 0.3 is 5.97 Å². The van der Waals surface area contributed by atoms with Crippen molar-refractivity contribution in [2.24, 2.45) is 0 Å². The normalized spacial score (nSPS) is 12.1. The number of carbonyl (C=O) groups is 2. The van der Waals surface area contributed by atoms with Crippen LogP contribution in [0.5, 0.6) is 0 Å². The van der Waals surface area contributed by atoms with Gasteiger partial charge in [-0.25, -0.2) is 0 Å². The van der Waals surface area contributed by atoms with E-state index in [1.165, 1.54) is 4.90 Å². The highest BCUT2D eigenvalue weighted by molar-refractivity contribution is 7.99. The van der Waals surface area contributed by atoms with E-state index in [1.807, 2.05) is 24.3 Å². The lowest BCUT2D eigenvalue weighted by atomic mass is 10.2. The van der Waals surface area contributed by atoms with Crippen LogP contribution in [-0.4, -0.2) is 37.0 Å². The minimum Gasteiger partial charge on any atom is -0.467 e. The van der Waals surface area contributed by atoms with Crippen molar-refractivity contribution in [3.8, 4) is 0 Å². The second kappa shape index (κ2) is 9.09. The summed E-state index contributed by atoms with van der Waals surface area (Å²) in [6.07, 6.45) is 1.74. The average Bonchev–Trinajstić information content (AvgIpc) is 3.27. The minimum atomic E-state index is -0.400. The second-order valence-electron chi connectivity index (χ2n) is 6.93. The molecule has 0 saturated carbocycles. The monoisotopic (exact) mass is 422 g/mol. The van der Waals surface area contributed by atoms with Gasteiger partial charge in [-0.1, -0.05) is 36.0 Å². The minimum absolute atomic E-state index is 0.183. The zero-order chi connectivity index (χ0) is 20.9. The highest BCUT2D eigenvalue weighted by Crippen LogP contribution is 2.47. The topological polar surface area (TPSA) is 63.0 Å². The van der Waals surface area contributed by atoms with Crippen LogP contribution in [0.15, 0.2) is 81.1 Å². The van der Waals surface area contributed by atoms with Crippen LogP contribution in [0.3, 0.4) is 0 Å². The van der Waals surface area contributed by atoms with Gasteiger partial charge in [-0.05, 0) is 36.4 Å². The number of para-hydroxylation sites is 2. The summed E-state index contributed by atoms with van der Waals surface area (Å²) in [5.74, 6) is 0.00484.